The summed E-state index contributed by atoms with van der Waals surface area (Å²) in [4.78, 5) is 24.6. The van der Waals surface area contributed by atoms with Gasteiger partial charge in [0.05, 0.1) is 15.6 Å². The van der Waals surface area contributed by atoms with Crippen molar-refractivity contribution in [3.8, 4) is 0 Å². The number of anilines is 1. The molecule has 9 heteroatoms. The lowest BCUT2D eigenvalue weighted by atomic mass is 10.1. The molecule has 0 saturated carbocycles. The highest BCUT2D eigenvalue weighted by atomic mass is 35.5. The first-order chi connectivity index (χ1) is 16.6. The SMILES string of the molecule is CCCCc1ccc(NS(=O)(=O)c2cc(C(=O)OCC(=O)c3ccc(C)cc3)c(Cl)cc2Cl)cc1. The van der Waals surface area contributed by atoms with Gasteiger partial charge in [0.25, 0.3) is 10.0 Å². The molecule has 0 spiro atoms. The third kappa shape index (κ3) is 7.07. The third-order valence-corrected chi connectivity index (χ3v) is 7.42. The molecule has 35 heavy (non-hydrogen) atoms. The van der Waals surface area contributed by atoms with Crippen molar-refractivity contribution >= 4 is 50.7 Å². The lowest BCUT2D eigenvalue weighted by Crippen LogP contribution is -2.17. The fourth-order valence-electron chi connectivity index (χ4n) is 3.25. The summed E-state index contributed by atoms with van der Waals surface area (Å²) in [5.41, 5.74) is 2.61. The minimum Gasteiger partial charge on any atom is -0.454 e. The standard InChI is InChI=1S/C26H25Cl2NO5S/c1-3-4-5-18-8-12-20(13-9-18)29-35(32,33)25-14-21(22(27)15-23(25)28)26(31)34-16-24(30)19-10-6-17(2)7-11-19/h6-15,29H,3-5,16H2,1-2H3. The van der Waals surface area contributed by atoms with Crippen molar-refractivity contribution in [1.82, 2.24) is 0 Å². The van der Waals surface area contributed by atoms with Crippen molar-refractivity contribution in [2.45, 2.75) is 38.0 Å². The van der Waals surface area contributed by atoms with Crippen LogP contribution in [0.3, 0.4) is 0 Å². The van der Waals surface area contributed by atoms with E-state index in [4.69, 9.17) is 27.9 Å². The maximum Gasteiger partial charge on any atom is 0.340 e. The van der Waals surface area contributed by atoms with Gasteiger partial charge in [0.1, 0.15) is 4.90 Å². The normalized spacial score (nSPS) is 11.2. The number of unbranched alkanes of at least 4 members (excludes halogenated alkanes) is 1. The van der Waals surface area contributed by atoms with Gasteiger partial charge in [0.15, 0.2) is 12.4 Å². The fraction of sp³-hybridized carbons (Fsp3) is 0.231. The Morgan fingerprint density at radius 2 is 1.60 bits per heavy atom. The highest BCUT2D eigenvalue weighted by Gasteiger charge is 2.24. The first-order valence-electron chi connectivity index (χ1n) is 11.0. The van der Waals surface area contributed by atoms with Crippen LogP contribution in [0.15, 0.2) is 65.6 Å². The summed E-state index contributed by atoms with van der Waals surface area (Å²) in [7, 11) is -4.14. The molecule has 0 aromatic heterocycles. The number of nitrogens with one attached hydrogen (secondary N) is 1. The van der Waals surface area contributed by atoms with Crippen LogP contribution in [0, 0.1) is 6.92 Å². The molecule has 6 nitrogen and oxygen atoms in total. The van der Waals surface area contributed by atoms with Crippen molar-refractivity contribution < 1.29 is 22.7 Å². The van der Waals surface area contributed by atoms with E-state index in [1.54, 1.807) is 36.4 Å². The van der Waals surface area contributed by atoms with Gasteiger partial charge in [-0.15, -0.1) is 0 Å². The number of Topliss-reactive ketones (excluding diaryl/α,β-unsaturated/α-hetero) is 1. The second-order valence-electron chi connectivity index (χ2n) is 8.03. The molecule has 0 amide bonds. The van der Waals surface area contributed by atoms with Crippen LogP contribution in [0.4, 0.5) is 5.69 Å². The zero-order valence-corrected chi connectivity index (χ0v) is 21.6. The van der Waals surface area contributed by atoms with Crippen molar-refractivity contribution in [2.24, 2.45) is 0 Å². The van der Waals surface area contributed by atoms with Gasteiger partial charge in [0.2, 0.25) is 0 Å². The lowest BCUT2D eigenvalue weighted by Gasteiger charge is -2.13. The predicted molar refractivity (Wildman–Crippen MR) is 138 cm³/mol. The second kappa shape index (κ2) is 11.7. The lowest BCUT2D eigenvalue weighted by molar-refractivity contribution is 0.0474. The average Bonchev–Trinajstić information content (AvgIpc) is 2.82. The van der Waals surface area contributed by atoms with Gasteiger partial charge in [-0.2, -0.15) is 0 Å². The molecular weight excluding hydrogens is 509 g/mol. The summed E-state index contributed by atoms with van der Waals surface area (Å²) in [6.07, 6.45) is 3.01. The van der Waals surface area contributed by atoms with E-state index in [0.717, 1.165) is 42.5 Å². The summed E-state index contributed by atoms with van der Waals surface area (Å²) in [6, 6.07) is 16.0. The molecule has 0 heterocycles. The molecule has 0 fully saturated rings. The van der Waals surface area contributed by atoms with Crippen LogP contribution >= 0.6 is 23.2 Å². The number of rotatable bonds is 10. The molecule has 184 valence electrons. The molecule has 0 bridgehead atoms. The molecule has 0 aliphatic rings. The van der Waals surface area contributed by atoms with E-state index >= 15 is 0 Å². The summed E-state index contributed by atoms with van der Waals surface area (Å²) in [6.45, 7) is 3.47. The zero-order valence-electron chi connectivity index (χ0n) is 19.3. The van der Waals surface area contributed by atoms with Crippen LogP contribution in [0.25, 0.3) is 0 Å². The van der Waals surface area contributed by atoms with Crippen molar-refractivity contribution in [1.29, 1.82) is 0 Å². The Morgan fingerprint density at radius 1 is 0.943 bits per heavy atom. The van der Waals surface area contributed by atoms with Crippen LogP contribution in [-0.4, -0.2) is 26.8 Å². The van der Waals surface area contributed by atoms with Crippen molar-refractivity contribution in [3.05, 3.63) is 93.0 Å². The molecule has 0 aliphatic heterocycles. The average molecular weight is 534 g/mol. The maximum atomic E-state index is 13.0. The number of esters is 1. The summed E-state index contributed by atoms with van der Waals surface area (Å²) in [5.74, 6) is -1.34. The predicted octanol–water partition coefficient (Wildman–Crippen LogP) is 6.48. The number of hydrogen-bond acceptors (Lipinski definition) is 5. The van der Waals surface area contributed by atoms with E-state index < -0.39 is 28.4 Å². The highest BCUT2D eigenvalue weighted by Crippen LogP contribution is 2.30. The van der Waals surface area contributed by atoms with E-state index in [-0.39, 0.29) is 20.5 Å². The van der Waals surface area contributed by atoms with Gasteiger partial charge in [-0.1, -0.05) is 78.5 Å². The topological polar surface area (TPSA) is 89.5 Å². The Labute approximate surface area is 215 Å². The van der Waals surface area contributed by atoms with E-state index in [0.29, 0.717) is 11.3 Å². The number of aryl methyl sites for hydroxylation is 2. The van der Waals surface area contributed by atoms with Crippen LogP contribution in [0.1, 0.15) is 51.6 Å². The number of carbonyl (C=O) groups excluding carboxylic acids is 2. The van der Waals surface area contributed by atoms with Crippen molar-refractivity contribution in [2.75, 3.05) is 11.3 Å². The Bertz CT molecular complexity index is 1320. The Kier molecular flexibility index (Phi) is 8.94. The van der Waals surface area contributed by atoms with Gasteiger partial charge in [0, 0.05) is 11.3 Å². The zero-order chi connectivity index (χ0) is 25.6. The minimum atomic E-state index is -4.14. The Hall–Kier alpha value is -2.87. The highest BCUT2D eigenvalue weighted by molar-refractivity contribution is 7.92. The Balaban J connectivity index is 1.76. The molecular formula is C26H25Cl2NO5S. The second-order valence-corrected chi connectivity index (χ2v) is 10.5. The molecule has 0 radical (unpaired) electrons. The number of ketones is 1. The van der Waals surface area contributed by atoms with Gasteiger partial charge >= 0.3 is 5.97 Å². The number of carbonyl (C=O) groups is 2. The molecule has 0 saturated heterocycles. The van der Waals surface area contributed by atoms with Gasteiger partial charge in [-0.25, -0.2) is 13.2 Å². The maximum absolute atomic E-state index is 13.0. The third-order valence-electron chi connectivity index (χ3n) is 5.26. The number of ether oxygens (including phenoxy) is 1. The molecule has 1 N–H and O–H groups in total. The molecule has 0 atom stereocenters. The van der Waals surface area contributed by atoms with E-state index in [2.05, 4.69) is 11.6 Å². The van der Waals surface area contributed by atoms with E-state index in [1.165, 1.54) is 0 Å². The van der Waals surface area contributed by atoms with Gasteiger partial charge in [-0.3, -0.25) is 9.52 Å². The molecule has 0 unspecified atom stereocenters. The Morgan fingerprint density at radius 3 is 2.23 bits per heavy atom. The van der Waals surface area contributed by atoms with Crippen LogP contribution in [0.2, 0.25) is 10.0 Å². The summed E-state index contributed by atoms with van der Waals surface area (Å²) < 4.78 is 33.6. The van der Waals surface area contributed by atoms with Crippen molar-refractivity contribution in [3.63, 3.8) is 0 Å². The summed E-state index contributed by atoms with van der Waals surface area (Å²) >= 11 is 12.3. The number of sulfonamides is 1. The molecule has 3 aromatic carbocycles. The van der Waals surface area contributed by atoms with E-state index in [9.17, 15) is 18.0 Å². The first kappa shape index (κ1) is 26.7. The minimum absolute atomic E-state index is 0.0954. The van der Waals surface area contributed by atoms with Gasteiger partial charge in [-0.05, 0) is 49.6 Å². The monoisotopic (exact) mass is 533 g/mol. The van der Waals surface area contributed by atoms with Crippen LogP contribution < -0.4 is 4.72 Å². The van der Waals surface area contributed by atoms with Gasteiger partial charge < -0.3 is 4.74 Å². The number of hydrogen-bond donors (Lipinski definition) is 1. The number of benzene rings is 3. The molecule has 3 aromatic rings. The summed E-state index contributed by atoms with van der Waals surface area (Å²) in [5, 5.41) is -0.253. The molecule has 3 rings (SSSR count). The quantitative estimate of drug-likeness (QED) is 0.237. The fourth-order valence-corrected chi connectivity index (χ4v) is 5.16. The van der Waals surface area contributed by atoms with E-state index in [1.807, 2.05) is 19.1 Å². The first-order valence-corrected chi connectivity index (χ1v) is 13.2. The van der Waals surface area contributed by atoms with Crippen LogP contribution in [-0.2, 0) is 21.2 Å². The number of halogens is 2. The smallest absolute Gasteiger partial charge is 0.340 e. The van der Waals surface area contributed by atoms with Crippen LogP contribution in [0.5, 0.6) is 0 Å². The molecule has 0 aliphatic carbocycles. The largest absolute Gasteiger partial charge is 0.454 e.